The predicted molar refractivity (Wildman–Crippen MR) is 69.6 cm³/mol. The van der Waals surface area contributed by atoms with E-state index in [0.29, 0.717) is 0 Å². The van der Waals surface area contributed by atoms with Gasteiger partial charge in [0.05, 0.1) is 0 Å². The van der Waals surface area contributed by atoms with Crippen LogP contribution in [-0.4, -0.2) is 11.1 Å². The van der Waals surface area contributed by atoms with Gasteiger partial charge in [0.2, 0.25) is 6.54 Å². The highest BCUT2D eigenvalue weighted by Crippen LogP contribution is 2.08. The molecule has 0 saturated carbocycles. The molecule has 0 saturated heterocycles. The molecule has 0 aliphatic heterocycles. The fraction of sp³-hybridized carbons (Fsp3) is 0.0667. The Morgan fingerprint density at radius 2 is 1.58 bits per heavy atom. The minimum atomic E-state index is -0.875. The van der Waals surface area contributed by atoms with Crippen LogP contribution in [0.1, 0.15) is 11.1 Å². The van der Waals surface area contributed by atoms with Crippen LogP contribution < -0.4 is 4.57 Å². The number of aliphatic carboxylic acids is 1. The third-order valence-corrected chi connectivity index (χ3v) is 2.57. The fourth-order valence-electron chi connectivity index (χ4n) is 1.61. The average Bonchev–Trinajstić information content (AvgIpc) is 2.39. The standard InChI is InChI=1S/C15H12FNO2/c16-14-5-3-12(4-6-14)1-2-13-7-9-17(10-8-13)11-15(18)19/h1-10H,11H2/p+1/b2-1-. The molecule has 2 rings (SSSR count). The molecule has 0 atom stereocenters. The summed E-state index contributed by atoms with van der Waals surface area (Å²) in [4.78, 5) is 10.5. The molecule has 1 N–H and O–H groups in total. The lowest BCUT2D eigenvalue weighted by Crippen LogP contribution is -2.36. The molecule has 0 spiro atoms. The molecule has 0 unspecified atom stereocenters. The van der Waals surface area contributed by atoms with Gasteiger partial charge in [-0.1, -0.05) is 24.3 Å². The molecule has 0 aliphatic carbocycles. The molecular formula is C15H13FNO2+. The highest BCUT2D eigenvalue weighted by molar-refractivity contribution is 5.69. The van der Waals surface area contributed by atoms with E-state index in [1.807, 2.05) is 24.3 Å². The van der Waals surface area contributed by atoms with Crippen molar-refractivity contribution >= 4 is 18.1 Å². The maximum Gasteiger partial charge on any atom is 0.370 e. The molecule has 4 heteroatoms. The first-order valence-electron chi connectivity index (χ1n) is 5.78. The Kier molecular flexibility index (Phi) is 4.03. The van der Waals surface area contributed by atoms with E-state index in [1.165, 1.54) is 12.1 Å². The molecular weight excluding hydrogens is 245 g/mol. The molecule has 96 valence electrons. The fourth-order valence-corrected chi connectivity index (χ4v) is 1.61. The van der Waals surface area contributed by atoms with E-state index in [-0.39, 0.29) is 12.4 Å². The van der Waals surface area contributed by atoms with Crippen molar-refractivity contribution in [3.8, 4) is 0 Å². The molecule has 19 heavy (non-hydrogen) atoms. The second-order valence-corrected chi connectivity index (χ2v) is 4.08. The van der Waals surface area contributed by atoms with E-state index in [1.54, 1.807) is 29.1 Å². The molecule has 0 fully saturated rings. The summed E-state index contributed by atoms with van der Waals surface area (Å²) in [5.41, 5.74) is 1.86. The molecule has 0 radical (unpaired) electrons. The molecule has 1 aromatic carbocycles. The van der Waals surface area contributed by atoms with Crippen molar-refractivity contribution in [2.45, 2.75) is 6.54 Å². The Labute approximate surface area is 110 Å². The van der Waals surface area contributed by atoms with Crippen LogP contribution in [0.4, 0.5) is 4.39 Å². The number of hydrogen-bond donors (Lipinski definition) is 1. The van der Waals surface area contributed by atoms with Gasteiger partial charge in [-0.25, -0.2) is 9.18 Å². The van der Waals surface area contributed by atoms with Crippen LogP contribution in [0.2, 0.25) is 0 Å². The van der Waals surface area contributed by atoms with Gasteiger partial charge in [-0.3, -0.25) is 0 Å². The lowest BCUT2D eigenvalue weighted by molar-refractivity contribution is -0.685. The first-order chi connectivity index (χ1) is 9.13. The smallest absolute Gasteiger partial charge is 0.370 e. The number of hydrogen-bond acceptors (Lipinski definition) is 1. The lowest BCUT2D eigenvalue weighted by atomic mass is 10.1. The van der Waals surface area contributed by atoms with Crippen molar-refractivity contribution in [2.24, 2.45) is 0 Å². The first-order valence-corrected chi connectivity index (χ1v) is 5.78. The summed E-state index contributed by atoms with van der Waals surface area (Å²) in [5, 5.41) is 8.65. The average molecular weight is 258 g/mol. The number of carboxylic acids is 1. The monoisotopic (exact) mass is 258 g/mol. The maximum atomic E-state index is 12.7. The zero-order valence-electron chi connectivity index (χ0n) is 10.2. The van der Waals surface area contributed by atoms with Gasteiger partial charge in [0.25, 0.3) is 0 Å². The van der Waals surface area contributed by atoms with Crippen LogP contribution in [0.5, 0.6) is 0 Å². The number of aromatic nitrogens is 1. The van der Waals surface area contributed by atoms with E-state index >= 15 is 0 Å². The molecule has 0 aliphatic rings. The van der Waals surface area contributed by atoms with Gasteiger partial charge < -0.3 is 5.11 Å². The maximum absolute atomic E-state index is 12.7. The number of benzene rings is 1. The van der Waals surface area contributed by atoms with Crippen molar-refractivity contribution in [3.63, 3.8) is 0 Å². The van der Waals surface area contributed by atoms with Gasteiger partial charge >= 0.3 is 5.97 Å². The number of carbonyl (C=O) groups is 1. The number of rotatable bonds is 4. The Hall–Kier alpha value is -2.49. The minimum Gasteiger partial charge on any atom is -0.477 e. The van der Waals surface area contributed by atoms with Gasteiger partial charge in [-0.2, -0.15) is 4.57 Å². The minimum absolute atomic E-state index is 0.0536. The lowest BCUT2D eigenvalue weighted by Gasteiger charge is -1.95. The van der Waals surface area contributed by atoms with Crippen LogP contribution >= 0.6 is 0 Å². The van der Waals surface area contributed by atoms with Crippen LogP contribution in [0, 0.1) is 5.82 Å². The van der Waals surface area contributed by atoms with Crippen molar-refractivity contribution < 1.29 is 18.9 Å². The predicted octanol–water partition coefficient (Wildman–Crippen LogP) is 2.37. The van der Waals surface area contributed by atoms with Crippen molar-refractivity contribution in [2.75, 3.05) is 0 Å². The molecule has 3 nitrogen and oxygen atoms in total. The van der Waals surface area contributed by atoms with Gasteiger partial charge in [-0.05, 0) is 23.3 Å². The van der Waals surface area contributed by atoms with E-state index in [9.17, 15) is 9.18 Å². The van der Waals surface area contributed by atoms with Gasteiger partial charge in [0.15, 0.2) is 12.4 Å². The van der Waals surface area contributed by atoms with Crippen molar-refractivity contribution in [3.05, 3.63) is 65.7 Å². The Morgan fingerprint density at radius 3 is 2.11 bits per heavy atom. The topological polar surface area (TPSA) is 41.2 Å². The first kappa shape index (κ1) is 13.0. The van der Waals surface area contributed by atoms with Crippen LogP contribution in [0.15, 0.2) is 48.8 Å². The molecule has 0 bridgehead atoms. The quantitative estimate of drug-likeness (QED) is 0.855. The number of nitrogens with zero attached hydrogens (tertiary/aromatic N) is 1. The molecule has 1 heterocycles. The molecule has 2 aromatic rings. The number of pyridine rings is 1. The Balaban J connectivity index is 2.06. The molecule has 0 amide bonds. The molecule has 1 aromatic heterocycles. The summed E-state index contributed by atoms with van der Waals surface area (Å²) >= 11 is 0. The number of carboxylic acid groups (broad SMARTS) is 1. The normalized spacial score (nSPS) is 10.8. The summed E-state index contributed by atoms with van der Waals surface area (Å²) in [6.07, 6.45) is 7.17. The van der Waals surface area contributed by atoms with Gasteiger partial charge in [-0.15, -0.1) is 0 Å². The Bertz CT molecular complexity index is 589. The summed E-state index contributed by atoms with van der Waals surface area (Å²) in [5.74, 6) is -1.13. The SMILES string of the molecule is O=C(O)C[n+]1ccc(/C=C\c2ccc(F)cc2)cc1. The van der Waals surface area contributed by atoms with Crippen molar-refractivity contribution in [1.82, 2.24) is 0 Å². The second kappa shape index (κ2) is 5.91. The Morgan fingerprint density at radius 1 is 1.05 bits per heavy atom. The summed E-state index contributed by atoms with van der Waals surface area (Å²) in [7, 11) is 0. The van der Waals surface area contributed by atoms with Gasteiger partial charge in [0.1, 0.15) is 5.82 Å². The van der Waals surface area contributed by atoms with Crippen LogP contribution in [0.25, 0.3) is 12.2 Å². The van der Waals surface area contributed by atoms with E-state index in [0.717, 1.165) is 11.1 Å². The van der Waals surface area contributed by atoms with Gasteiger partial charge in [0, 0.05) is 12.1 Å². The third-order valence-electron chi connectivity index (χ3n) is 2.57. The second-order valence-electron chi connectivity index (χ2n) is 4.08. The highest BCUT2D eigenvalue weighted by atomic mass is 19.1. The number of halogens is 1. The zero-order chi connectivity index (χ0) is 13.7. The van der Waals surface area contributed by atoms with E-state index in [4.69, 9.17) is 5.11 Å². The largest absolute Gasteiger partial charge is 0.477 e. The van der Waals surface area contributed by atoms with Crippen molar-refractivity contribution in [1.29, 1.82) is 0 Å². The van der Waals surface area contributed by atoms with Crippen LogP contribution in [-0.2, 0) is 11.3 Å². The summed E-state index contributed by atoms with van der Waals surface area (Å²) in [6, 6.07) is 9.85. The summed E-state index contributed by atoms with van der Waals surface area (Å²) in [6.45, 7) is -0.0536. The summed E-state index contributed by atoms with van der Waals surface area (Å²) < 4.78 is 14.3. The zero-order valence-corrected chi connectivity index (χ0v) is 10.2. The third kappa shape index (κ3) is 4.03. The highest BCUT2D eigenvalue weighted by Gasteiger charge is 2.05. The van der Waals surface area contributed by atoms with E-state index in [2.05, 4.69) is 0 Å². The van der Waals surface area contributed by atoms with E-state index < -0.39 is 5.97 Å². The van der Waals surface area contributed by atoms with Crippen LogP contribution in [0.3, 0.4) is 0 Å².